The number of nitrogens with two attached hydrogens (primary N) is 1. The summed E-state index contributed by atoms with van der Waals surface area (Å²) in [4.78, 5) is 14.1. The summed E-state index contributed by atoms with van der Waals surface area (Å²) in [7, 11) is 0. The molecule has 1 aliphatic heterocycles. The molecule has 0 aliphatic carbocycles. The SMILES string of the molecule is NCC1CCN(C(=O)CCCc2ccc(Cl)c(Cl)c2)CC1. The van der Waals surface area contributed by atoms with Gasteiger partial charge in [0.05, 0.1) is 10.0 Å². The van der Waals surface area contributed by atoms with Gasteiger partial charge in [-0.25, -0.2) is 0 Å². The van der Waals surface area contributed by atoms with E-state index in [4.69, 9.17) is 28.9 Å². The Morgan fingerprint density at radius 3 is 2.57 bits per heavy atom. The topological polar surface area (TPSA) is 46.3 Å². The van der Waals surface area contributed by atoms with Gasteiger partial charge in [0.25, 0.3) is 0 Å². The summed E-state index contributed by atoms with van der Waals surface area (Å²) in [6.45, 7) is 2.44. The molecular weight excluding hydrogens is 307 g/mol. The van der Waals surface area contributed by atoms with Gasteiger partial charge < -0.3 is 10.6 Å². The van der Waals surface area contributed by atoms with Crippen molar-refractivity contribution in [2.24, 2.45) is 11.7 Å². The van der Waals surface area contributed by atoms with E-state index in [1.54, 1.807) is 6.07 Å². The molecule has 3 nitrogen and oxygen atoms in total. The number of piperidine rings is 1. The van der Waals surface area contributed by atoms with Gasteiger partial charge in [0, 0.05) is 19.5 Å². The molecule has 5 heteroatoms. The summed E-state index contributed by atoms with van der Waals surface area (Å²) < 4.78 is 0. The molecule has 1 aliphatic rings. The Bertz CT molecular complexity index is 485. The van der Waals surface area contributed by atoms with Gasteiger partial charge in [-0.05, 0) is 55.8 Å². The Morgan fingerprint density at radius 1 is 1.24 bits per heavy atom. The standard InChI is InChI=1S/C16H22Cl2N2O/c17-14-5-4-12(10-15(14)18)2-1-3-16(21)20-8-6-13(11-19)7-9-20/h4-5,10,13H,1-3,6-9,11,19H2. The van der Waals surface area contributed by atoms with Crippen LogP contribution in [-0.2, 0) is 11.2 Å². The van der Waals surface area contributed by atoms with E-state index in [2.05, 4.69) is 0 Å². The molecule has 1 aromatic rings. The van der Waals surface area contributed by atoms with E-state index < -0.39 is 0 Å². The first kappa shape index (κ1) is 16.6. The molecule has 0 atom stereocenters. The van der Waals surface area contributed by atoms with Gasteiger partial charge in [-0.1, -0.05) is 29.3 Å². The quantitative estimate of drug-likeness (QED) is 0.898. The lowest BCUT2D eigenvalue weighted by atomic mass is 9.97. The normalized spacial score (nSPS) is 16.2. The average molecular weight is 329 g/mol. The number of hydrogen-bond donors (Lipinski definition) is 1. The molecule has 1 heterocycles. The summed E-state index contributed by atoms with van der Waals surface area (Å²) in [5.74, 6) is 0.843. The van der Waals surface area contributed by atoms with Crippen molar-refractivity contribution < 1.29 is 4.79 Å². The maximum absolute atomic E-state index is 12.2. The molecule has 1 aromatic carbocycles. The lowest BCUT2D eigenvalue weighted by Crippen LogP contribution is -2.39. The van der Waals surface area contributed by atoms with Crippen molar-refractivity contribution in [2.75, 3.05) is 19.6 Å². The van der Waals surface area contributed by atoms with Crippen LogP contribution < -0.4 is 5.73 Å². The van der Waals surface area contributed by atoms with Crippen LogP contribution in [0.15, 0.2) is 18.2 Å². The van der Waals surface area contributed by atoms with Crippen LogP contribution in [0.25, 0.3) is 0 Å². The Hall–Kier alpha value is -0.770. The van der Waals surface area contributed by atoms with E-state index in [0.29, 0.717) is 22.4 Å². The van der Waals surface area contributed by atoms with Gasteiger partial charge in [0.1, 0.15) is 0 Å². The summed E-state index contributed by atoms with van der Waals surface area (Å²) in [5, 5.41) is 1.14. The van der Waals surface area contributed by atoms with Crippen molar-refractivity contribution >= 4 is 29.1 Å². The molecule has 0 aromatic heterocycles. The fourth-order valence-electron chi connectivity index (χ4n) is 2.72. The van der Waals surface area contributed by atoms with Crippen molar-refractivity contribution in [1.82, 2.24) is 4.90 Å². The lowest BCUT2D eigenvalue weighted by molar-refractivity contribution is -0.132. The second kappa shape index (κ2) is 8.02. The molecule has 0 radical (unpaired) electrons. The molecule has 0 bridgehead atoms. The molecule has 21 heavy (non-hydrogen) atoms. The first-order chi connectivity index (χ1) is 10.1. The van der Waals surface area contributed by atoms with Crippen LogP contribution in [0.2, 0.25) is 10.0 Å². The van der Waals surface area contributed by atoms with E-state index in [1.165, 1.54) is 0 Å². The van der Waals surface area contributed by atoms with Gasteiger partial charge in [-0.3, -0.25) is 4.79 Å². The average Bonchev–Trinajstić information content (AvgIpc) is 2.51. The molecule has 2 N–H and O–H groups in total. The zero-order valence-corrected chi connectivity index (χ0v) is 13.7. The highest BCUT2D eigenvalue weighted by Gasteiger charge is 2.21. The molecule has 2 rings (SSSR count). The molecule has 0 saturated carbocycles. The molecular formula is C16H22Cl2N2O. The highest BCUT2D eigenvalue weighted by molar-refractivity contribution is 6.42. The summed E-state index contributed by atoms with van der Waals surface area (Å²) >= 11 is 11.9. The Labute approximate surface area is 136 Å². The number of amides is 1. The molecule has 1 saturated heterocycles. The number of aryl methyl sites for hydroxylation is 1. The van der Waals surface area contributed by atoms with Gasteiger partial charge >= 0.3 is 0 Å². The molecule has 0 unspecified atom stereocenters. The Morgan fingerprint density at radius 2 is 1.95 bits per heavy atom. The van der Waals surface area contributed by atoms with Crippen LogP contribution >= 0.6 is 23.2 Å². The largest absolute Gasteiger partial charge is 0.343 e. The van der Waals surface area contributed by atoms with E-state index in [1.807, 2.05) is 17.0 Å². The second-order valence-corrected chi connectivity index (χ2v) is 6.48. The number of rotatable bonds is 5. The number of carbonyl (C=O) groups is 1. The fraction of sp³-hybridized carbons (Fsp3) is 0.562. The van der Waals surface area contributed by atoms with Crippen LogP contribution in [0.5, 0.6) is 0 Å². The van der Waals surface area contributed by atoms with E-state index in [0.717, 1.165) is 50.9 Å². The Balaban J connectivity index is 1.73. The third kappa shape index (κ3) is 4.87. The molecule has 1 fully saturated rings. The minimum Gasteiger partial charge on any atom is -0.343 e. The summed E-state index contributed by atoms with van der Waals surface area (Å²) in [5.41, 5.74) is 6.79. The highest BCUT2D eigenvalue weighted by Crippen LogP contribution is 2.23. The minimum absolute atomic E-state index is 0.255. The minimum atomic E-state index is 0.255. The number of likely N-dealkylation sites (tertiary alicyclic amines) is 1. The zero-order valence-electron chi connectivity index (χ0n) is 12.2. The van der Waals surface area contributed by atoms with Gasteiger partial charge in [-0.15, -0.1) is 0 Å². The van der Waals surface area contributed by atoms with Crippen molar-refractivity contribution in [2.45, 2.75) is 32.1 Å². The number of nitrogens with zero attached hydrogens (tertiary/aromatic N) is 1. The number of halogens is 2. The highest BCUT2D eigenvalue weighted by atomic mass is 35.5. The van der Waals surface area contributed by atoms with Crippen LogP contribution in [0.4, 0.5) is 0 Å². The number of hydrogen-bond acceptors (Lipinski definition) is 2. The van der Waals surface area contributed by atoms with Crippen LogP contribution in [-0.4, -0.2) is 30.4 Å². The number of carbonyl (C=O) groups excluding carboxylic acids is 1. The van der Waals surface area contributed by atoms with Crippen molar-refractivity contribution in [1.29, 1.82) is 0 Å². The predicted octanol–water partition coefficient (Wildman–Crippen LogP) is 3.51. The summed E-state index contributed by atoms with van der Waals surface area (Å²) in [6.07, 6.45) is 4.35. The number of benzene rings is 1. The van der Waals surface area contributed by atoms with Crippen molar-refractivity contribution in [3.63, 3.8) is 0 Å². The van der Waals surface area contributed by atoms with Crippen LogP contribution in [0, 0.1) is 5.92 Å². The van der Waals surface area contributed by atoms with E-state index >= 15 is 0 Å². The lowest BCUT2D eigenvalue weighted by Gasteiger charge is -2.31. The van der Waals surface area contributed by atoms with Gasteiger partial charge in [0.15, 0.2) is 0 Å². The van der Waals surface area contributed by atoms with Gasteiger partial charge in [-0.2, -0.15) is 0 Å². The maximum Gasteiger partial charge on any atom is 0.222 e. The smallest absolute Gasteiger partial charge is 0.222 e. The first-order valence-corrected chi connectivity index (χ1v) is 8.27. The van der Waals surface area contributed by atoms with Crippen molar-refractivity contribution in [3.05, 3.63) is 33.8 Å². The second-order valence-electron chi connectivity index (χ2n) is 5.66. The zero-order chi connectivity index (χ0) is 15.2. The maximum atomic E-state index is 12.2. The van der Waals surface area contributed by atoms with E-state index in [-0.39, 0.29) is 5.91 Å². The molecule has 0 spiro atoms. The fourth-order valence-corrected chi connectivity index (χ4v) is 3.04. The van der Waals surface area contributed by atoms with Crippen LogP contribution in [0.3, 0.4) is 0 Å². The predicted molar refractivity (Wildman–Crippen MR) is 87.8 cm³/mol. The van der Waals surface area contributed by atoms with Crippen LogP contribution in [0.1, 0.15) is 31.2 Å². The molecule has 1 amide bonds. The first-order valence-electron chi connectivity index (χ1n) is 7.52. The monoisotopic (exact) mass is 328 g/mol. The third-order valence-corrected chi connectivity index (χ3v) is 4.88. The Kier molecular flexibility index (Phi) is 6.34. The molecule has 116 valence electrons. The summed E-state index contributed by atoms with van der Waals surface area (Å²) in [6, 6.07) is 5.64. The van der Waals surface area contributed by atoms with Gasteiger partial charge in [0.2, 0.25) is 5.91 Å². The third-order valence-electron chi connectivity index (χ3n) is 4.14. The van der Waals surface area contributed by atoms with Crippen molar-refractivity contribution in [3.8, 4) is 0 Å². The van der Waals surface area contributed by atoms with E-state index in [9.17, 15) is 4.79 Å².